The molecule has 3 heteroatoms. The van der Waals surface area contributed by atoms with Crippen LogP contribution in [0.25, 0.3) is 0 Å². The Bertz CT molecular complexity index is 210. The van der Waals surface area contributed by atoms with E-state index in [9.17, 15) is 4.79 Å². The molecule has 1 heterocycles. The van der Waals surface area contributed by atoms with Gasteiger partial charge in [0.05, 0.1) is 5.92 Å². The van der Waals surface area contributed by atoms with Gasteiger partial charge >= 0.3 is 5.97 Å². The van der Waals surface area contributed by atoms with Gasteiger partial charge in [-0.25, -0.2) is 0 Å². The molecule has 0 amide bonds. The largest absolute Gasteiger partial charge is 0.481 e. The second-order valence-corrected chi connectivity index (χ2v) is 5.05. The zero-order chi connectivity index (χ0) is 11.4. The third-order valence-corrected chi connectivity index (χ3v) is 3.39. The number of carboxylic acid groups (broad SMARTS) is 1. The number of hydrogen-bond donors (Lipinski definition) is 1. The Labute approximate surface area is 92.5 Å². The van der Waals surface area contributed by atoms with E-state index in [1.54, 1.807) is 0 Å². The highest BCUT2D eigenvalue weighted by molar-refractivity contribution is 5.70. The number of hydrogen-bond acceptors (Lipinski definition) is 2. The van der Waals surface area contributed by atoms with E-state index in [1.807, 2.05) is 6.92 Å². The summed E-state index contributed by atoms with van der Waals surface area (Å²) in [6.45, 7) is 9.44. The van der Waals surface area contributed by atoms with Crippen molar-refractivity contribution in [1.82, 2.24) is 4.90 Å². The van der Waals surface area contributed by atoms with E-state index >= 15 is 0 Å². The molecule has 1 N–H and O–H groups in total. The zero-order valence-electron chi connectivity index (χ0n) is 10.1. The van der Waals surface area contributed by atoms with Crippen molar-refractivity contribution in [1.29, 1.82) is 0 Å². The molecule has 1 aliphatic rings. The summed E-state index contributed by atoms with van der Waals surface area (Å²) in [5, 5.41) is 9.02. The molecule has 0 aromatic carbocycles. The minimum atomic E-state index is -0.634. The van der Waals surface area contributed by atoms with E-state index < -0.39 is 5.97 Å². The molecule has 15 heavy (non-hydrogen) atoms. The van der Waals surface area contributed by atoms with E-state index in [0.29, 0.717) is 0 Å². The summed E-state index contributed by atoms with van der Waals surface area (Å²) in [6.07, 6.45) is 1.76. The van der Waals surface area contributed by atoms with E-state index in [4.69, 9.17) is 5.11 Å². The molecule has 1 aliphatic heterocycles. The highest BCUT2D eigenvalue weighted by atomic mass is 16.4. The molecule has 1 rings (SSSR count). The first-order valence-corrected chi connectivity index (χ1v) is 5.99. The molecule has 1 fully saturated rings. The fraction of sp³-hybridized carbons (Fsp3) is 0.917. The molecule has 0 saturated carbocycles. The lowest BCUT2D eigenvalue weighted by Crippen LogP contribution is -2.51. The van der Waals surface area contributed by atoms with Gasteiger partial charge in [-0.2, -0.15) is 0 Å². The second-order valence-electron chi connectivity index (χ2n) is 5.05. The third-order valence-electron chi connectivity index (χ3n) is 3.39. The van der Waals surface area contributed by atoms with Crippen LogP contribution < -0.4 is 0 Å². The van der Waals surface area contributed by atoms with E-state index in [2.05, 4.69) is 18.7 Å². The van der Waals surface area contributed by atoms with Crippen LogP contribution in [0, 0.1) is 17.8 Å². The topological polar surface area (TPSA) is 40.5 Å². The van der Waals surface area contributed by atoms with Gasteiger partial charge in [0, 0.05) is 19.6 Å². The lowest BCUT2D eigenvalue weighted by atomic mass is 9.87. The molecule has 1 unspecified atom stereocenters. The van der Waals surface area contributed by atoms with Crippen LogP contribution in [0.3, 0.4) is 0 Å². The van der Waals surface area contributed by atoms with Crippen molar-refractivity contribution in [2.75, 3.05) is 19.6 Å². The first-order valence-electron chi connectivity index (χ1n) is 5.99. The maximum atomic E-state index is 11.0. The molecule has 3 nitrogen and oxygen atoms in total. The summed E-state index contributed by atoms with van der Waals surface area (Å²) >= 11 is 0. The smallest absolute Gasteiger partial charge is 0.307 e. The average molecular weight is 213 g/mol. The predicted octanol–water partition coefficient (Wildman–Crippen LogP) is 2.08. The third kappa shape index (κ3) is 3.49. The Morgan fingerprint density at radius 3 is 2.47 bits per heavy atom. The second kappa shape index (κ2) is 5.50. The van der Waals surface area contributed by atoms with Crippen LogP contribution in [0.5, 0.6) is 0 Å². The number of carbonyl (C=O) groups is 1. The number of aliphatic carboxylic acids is 1. The number of rotatable bonds is 6. The van der Waals surface area contributed by atoms with Crippen molar-refractivity contribution >= 4 is 5.97 Å². The van der Waals surface area contributed by atoms with Gasteiger partial charge < -0.3 is 10.0 Å². The molecule has 0 spiro atoms. The fourth-order valence-corrected chi connectivity index (χ4v) is 2.13. The van der Waals surface area contributed by atoms with Crippen LogP contribution in [0.2, 0.25) is 0 Å². The molecular weight excluding hydrogens is 190 g/mol. The highest BCUT2D eigenvalue weighted by Gasteiger charge is 2.31. The summed E-state index contributed by atoms with van der Waals surface area (Å²) in [5.74, 6) is 0.713. The van der Waals surface area contributed by atoms with Crippen molar-refractivity contribution in [3.05, 3.63) is 0 Å². The summed E-state index contributed by atoms with van der Waals surface area (Å²) in [4.78, 5) is 13.2. The van der Waals surface area contributed by atoms with Gasteiger partial charge in [-0.05, 0) is 18.3 Å². The standard InChI is InChI=1S/C12H23NO2/c1-4-5-10(12(14)15)6-13-7-11(8-13)9(2)3/h9-11H,4-8H2,1-3H3,(H,14,15). The predicted molar refractivity (Wildman–Crippen MR) is 60.8 cm³/mol. The Kier molecular flexibility index (Phi) is 4.58. The monoisotopic (exact) mass is 213 g/mol. The first-order chi connectivity index (χ1) is 7.04. The summed E-state index contributed by atoms with van der Waals surface area (Å²) < 4.78 is 0. The maximum absolute atomic E-state index is 11.0. The van der Waals surface area contributed by atoms with Gasteiger partial charge in [-0.3, -0.25) is 4.79 Å². The Balaban J connectivity index is 2.26. The molecule has 1 atom stereocenters. The first kappa shape index (κ1) is 12.5. The molecule has 88 valence electrons. The summed E-state index contributed by atoms with van der Waals surface area (Å²) in [7, 11) is 0. The van der Waals surface area contributed by atoms with Crippen LogP contribution in [-0.2, 0) is 4.79 Å². The highest BCUT2D eigenvalue weighted by Crippen LogP contribution is 2.24. The number of carboxylic acids is 1. The van der Waals surface area contributed by atoms with Gasteiger partial charge in [0.1, 0.15) is 0 Å². The summed E-state index contributed by atoms with van der Waals surface area (Å²) in [5.41, 5.74) is 0. The quantitative estimate of drug-likeness (QED) is 0.734. The van der Waals surface area contributed by atoms with Crippen LogP contribution in [0.4, 0.5) is 0 Å². The fourth-order valence-electron chi connectivity index (χ4n) is 2.13. The van der Waals surface area contributed by atoms with Crippen LogP contribution in [0.15, 0.2) is 0 Å². The minimum Gasteiger partial charge on any atom is -0.481 e. The lowest BCUT2D eigenvalue weighted by molar-refractivity contribution is -0.143. The Morgan fingerprint density at radius 2 is 2.07 bits per heavy atom. The van der Waals surface area contributed by atoms with Crippen molar-refractivity contribution in [2.45, 2.75) is 33.6 Å². The molecular formula is C12H23NO2. The minimum absolute atomic E-state index is 0.164. The lowest BCUT2D eigenvalue weighted by Gasteiger charge is -2.42. The normalized spacial score (nSPS) is 20.3. The van der Waals surface area contributed by atoms with Crippen molar-refractivity contribution < 1.29 is 9.90 Å². The molecule has 0 aromatic rings. The molecule has 0 bridgehead atoms. The summed E-state index contributed by atoms with van der Waals surface area (Å²) in [6, 6.07) is 0. The van der Waals surface area contributed by atoms with E-state index in [-0.39, 0.29) is 5.92 Å². The SMILES string of the molecule is CCCC(CN1CC(C(C)C)C1)C(=O)O. The van der Waals surface area contributed by atoms with Crippen LogP contribution >= 0.6 is 0 Å². The zero-order valence-corrected chi connectivity index (χ0v) is 10.1. The maximum Gasteiger partial charge on any atom is 0.307 e. The Morgan fingerprint density at radius 1 is 1.47 bits per heavy atom. The van der Waals surface area contributed by atoms with Gasteiger partial charge in [0.2, 0.25) is 0 Å². The molecule has 0 aromatic heterocycles. The Hall–Kier alpha value is -0.570. The number of nitrogens with zero attached hydrogens (tertiary/aromatic N) is 1. The van der Waals surface area contributed by atoms with Gasteiger partial charge in [-0.1, -0.05) is 27.2 Å². The van der Waals surface area contributed by atoms with Crippen molar-refractivity contribution in [2.24, 2.45) is 17.8 Å². The van der Waals surface area contributed by atoms with Gasteiger partial charge in [0.15, 0.2) is 0 Å². The van der Waals surface area contributed by atoms with Crippen molar-refractivity contribution in [3.63, 3.8) is 0 Å². The molecule has 0 radical (unpaired) electrons. The van der Waals surface area contributed by atoms with Gasteiger partial charge in [0.25, 0.3) is 0 Å². The van der Waals surface area contributed by atoms with E-state index in [1.165, 1.54) is 0 Å². The molecule has 0 aliphatic carbocycles. The van der Waals surface area contributed by atoms with Crippen molar-refractivity contribution in [3.8, 4) is 0 Å². The van der Waals surface area contributed by atoms with Crippen LogP contribution in [-0.4, -0.2) is 35.6 Å². The molecule has 1 saturated heterocycles. The van der Waals surface area contributed by atoms with E-state index in [0.717, 1.165) is 44.3 Å². The average Bonchev–Trinajstić information content (AvgIpc) is 2.07. The van der Waals surface area contributed by atoms with Gasteiger partial charge in [-0.15, -0.1) is 0 Å². The number of likely N-dealkylation sites (tertiary alicyclic amines) is 1. The van der Waals surface area contributed by atoms with Crippen LogP contribution in [0.1, 0.15) is 33.6 Å².